The van der Waals surface area contributed by atoms with Gasteiger partial charge >= 0.3 is 5.97 Å². The molecule has 17 heavy (non-hydrogen) atoms. The number of carbonyl (C=O) groups excluding carboxylic acids is 1. The number of benzene rings is 1. The smallest absolute Gasteiger partial charge is 0.312 e. The molecule has 4 nitrogen and oxygen atoms in total. The van der Waals surface area contributed by atoms with Crippen molar-refractivity contribution in [2.24, 2.45) is 0 Å². The Morgan fingerprint density at radius 1 is 1.47 bits per heavy atom. The summed E-state index contributed by atoms with van der Waals surface area (Å²) in [7, 11) is 0. The number of hydrogen-bond acceptors (Lipinski definition) is 3. The van der Waals surface area contributed by atoms with Crippen LogP contribution in [-0.2, 0) is 9.59 Å². The minimum Gasteiger partial charge on any atom is -0.481 e. The van der Waals surface area contributed by atoms with Crippen molar-refractivity contribution in [2.45, 2.75) is 5.92 Å². The average molecular weight is 251 g/mol. The number of fused-ring (bicyclic) bond motifs is 1. The monoisotopic (exact) mass is 251 g/mol. The highest BCUT2D eigenvalue weighted by molar-refractivity contribution is 7.99. The number of aliphatic carboxylic acids is 1. The van der Waals surface area contributed by atoms with Gasteiger partial charge in [0.15, 0.2) is 0 Å². The molecule has 0 fully saturated rings. The molecule has 0 saturated carbocycles. The van der Waals surface area contributed by atoms with Crippen LogP contribution in [0.25, 0.3) is 0 Å². The minimum absolute atomic E-state index is 0.0336. The summed E-state index contributed by atoms with van der Waals surface area (Å²) in [5, 5.41) is 9.15. The zero-order valence-electron chi connectivity index (χ0n) is 9.42. The maximum atomic E-state index is 11.9. The van der Waals surface area contributed by atoms with Crippen LogP contribution in [0.2, 0.25) is 0 Å². The number of carboxylic acid groups (broad SMARTS) is 1. The van der Waals surface area contributed by atoms with Crippen LogP contribution in [0.1, 0.15) is 11.5 Å². The summed E-state index contributed by atoms with van der Waals surface area (Å²) in [5.74, 6) is -1.14. The van der Waals surface area contributed by atoms with E-state index < -0.39 is 11.9 Å². The van der Waals surface area contributed by atoms with Crippen LogP contribution in [0.5, 0.6) is 0 Å². The van der Waals surface area contributed by atoms with Crippen molar-refractivity contribution in [3.05, 3.63) is 29.8 Å². The van der Waals surface area contributed by atoms with Crippen molar-refractivity contribution in [3.63, 3.8) is 0 Å². The van der Waals surface area contributed by atoms with E-state index in [4.69, 9.17) is 5.11 Å². The third kappa shape index (κ3) is 2.15. The number of nitrogens with zero attached hydrogens (tertiary/aromatic N) is 1. The number of anilines is 1. The summed E-state index contributed by atoms with van der Waals surface area (Å²) in [6.45, 7) is 0.244. The van der Waals surface area contributed by atoms with E-state index in [0.717, 1.165) is 11.3 Å². The molecule has 1 aliphatic heterocycles. The number of carboxylic acids is 1. The molecule has 0 aliphatic carbocycles. The number of para-hydroxylation sites is 1. The highest BCUT2D eigenvalue weighted by atomic mass is 32.2. The fraction of sp³-hybridized carbons (Fsp3) is 0.333. The van der Waals surface area contributed by atoms with Gasteiger partial charge in [-0.15, -0.1) is 0 Å². The molecule has 0 spiro atoms. The highest BCUT2D eigenvalue weighted by Crippen LogP contribution is 2.36. The van der Waals surface area contributed by atoms with Crippen molar-refractivity contribution in [1.29, 1.82) is 0 Å². The molecule has 2 rings (SSSR count). The van der Waals surface area contributed by atoms with E-state index in [1.165, 1.54) is 11.8 Å². The van der Waals surface area contributed by atoms with Gasteiger partial charge in [-0.25, -0.2) is 0 Å². The summed E-state index contributed by atoms with van der Waals surface area (Å²) in [6, 6.07) is 7.21. The lowest BCUT2D eigenvalue weighted by atomic mass is 10.0. The van der Waals surface area contributed by atoms with Gasteiger partial charge in [-0.3, -0.25) is 9.59 Å². The van der Waals surface area contributed by atoms with E-state index in [1.54, 1.807) is 23.1 Å². The van der Waals surface area contributed by atoms with Gasteiger partial charge < -0.3 is 10.0 Å². The van der Waals surface area contributed by atoms with E-state index >= 15 is 0 Å². The molecule has 1 heterocycles. The summed E-state index contributed by atoms with van der Waals surface area (Å²) in [6.07, 6.45) is 1.86. The molecule has 1 aromatic rings. The Balaban J connectivity index is 2.34. The van der Waals surface area contributed by atoms with E-state index in [1.807, 2.05) is 12.3 Å². The zero-order chi connectivity index (χ0) is 12.4. The van der Waals surface area contributed by atoms with Crippen LogP contribution in [0.4, 0.5) is 5.69 Å². The summed E-state index contributed by atoms with van der Waals surface area (Å²) in [4.78, 5) is 24.6. The molecule has 0 saturated heterocycles. The van der Waals surface area contributed by atoms with Gasteiger partial charge in [0.2, 0.25) is 5.91 Å². The van der Waals surface area contributed by atoms with Crippen molar-refractivity contribution in [2.75, 3.05) is 23.5 Å². The third-order valence-corrected chi connectivity index (χ3v) is 3.37. The number of hydrogen-bond donors (Lipinski definition) is 1. The second-order valence-electron chi connectivity index (χ2n) is 3.89. The number of carbonyl (C=O) groups is 2. The molecule has 0 bridgehead atoms. The second-order valence-corrected chi connectivity index (χ2v) is 4.75. The van der Waals surface area contributed by atoms with Gasteiger partial charge in [-0.05, 0) is 17.9 Å². The molecule has 90 valence electrons. The Hall–Kier alpha value is -1.49. The topological polar surface area (TPSA) is 57.6 Å². The Labute approximate surface area is 104 Å². The highest BCUT2D eigenvalue weighted by Gasteiger charge is 2.35. The van der Waals surface area contributed by atoms with Gasteiger partial charge in [0.1, 0.15) is 5.92 Å². The van der Waals surface area contributed by atoms with Crippen LogP contribution in [0, 0.1) is 0 Å². The Bertz CT molecular complexity index is 461. The van der Waals surface area contributed by atoms with Crippen LogP contribution < -0.4 is 4.90 Å². The van der Waals surface area contributed by atoms with Gasteiger partial charge in [-0.2, -0.15) is 11.8 Å². The third-order valence-electron chi connectivity index (χ3n) is 2.84. The van der Waals surface area contributed by atoms with Crippen molar-refractivity contribution in [3.8, 4) is 0 Å². The molecule has 1 N–H and O–H groups in total. The fourth-order valence-corrected chi connectivity index (χ4v) is 2.46. The number of thioether (sulfide) groups is 1. The molecule has 1 aliphatic rings. The van der Waals surface area contributed by atoms with Crippen LogP contribution in [0.15, 0.2) is 24.3 Å². The molecule has 0 radical (unpaired) electrons. The molecule has 1 aromatic carbocycles. The standard InChI is InChI=1S/C12H13NO3S/c1-17-7-11(14)13-6-9(12(15)16)8-4-2-3-5-10(8)13/h2-5,9H,6-7H2,1H3,(H,15,16)/t9-/m1/s1. The minimum atomic E-state index is -0.878. The lowest BCUT2D eigenvalue weighted by molar-refractivity contribution is -0.138. The van der Waals surface area contributed by atoms with Crippen molar-refractivity contribution >= 4 is 29.3 Å². The lowest BCUT2D eigenvalue weighted by Crippen LogP contribution is -2.32. The molecular formula is C12H13NO3S. The maximum Gasteiger partial charge on any atom is 0.312 e. The van der Waals surface area contributed by atoms with Crippen molar-refractivity contribution in [1.82, 2.24) is 0 Å². The molecule has 0 unspecified atom stereocenters. The molecule has 0 aromatic heterocycles. The predicted molar refractivity (Wildman–Crippen MR) is 67.6 cm³/mol. The molecule has 5 heteroatoms. The first-order chi connectivity index (χ1) is 8.15. The number of amides is 1. The first-order valence-corrected chi connectivity index (χ1v) is 6.65. The predicted octanol–water partition coefficient (Wildman–Crippen LogP) is 1.56. The summed E-state index contributed by atoms with van der Waals surface area (Å²) >= 11 is 1.44. The summed E-state index contributed by atoms with van der Waals surface area (Å²) in [5.41, 5.74) is 1.47. The van der Waals surface area contributed by atoms with Gasteiger partial charge in [0.25, 0.3) is 0 Å². The molecule has 1 atom stereocenters. The first-order valence-electron chi connectivity index (χ1n) is 5.26. The van der Waals surface area contributed by atoms with Gasteiger partial charge in [0.05, 0.1) is 5.75 Å². The van der Waals surface area contributed by atoms with Crippen LogP contribution in [0.3, 0.4) is 0 Å². The normalized spacial score (nSPS) is 17.9. The Kier molecular flexibility index (Phi) is 3.38. The van der Waals surface area contributed by atoms with Gasteiger partial charge in [0, 0.05) is 12.2 Å². The van der Waals surface area contributed by atoms with Crippen LogP contribution in [-0.4, -0.2) is 35.5 Å². The Morgan fingerprint density at radius 3 is 2.82 bits per heavy atom. The van der Waals surface area contributed by atoms with E-state index in [-0.39, 0.29) is 12.5 Å². The Morgan fingerprint density at radius 2 is 2.18 bits per heavy atom. The maximum absolute atomic E-state index is 11.9. The van der Waals surface area contributed by atoms with Crippen molar-refractivity contribution < 1.29 is 14.7 Å². The fourth-order valence-electron chi connectivity index (χ4n) is 2.06. The SMILES string of the molecule is CSCC(=O)N1C[C@@H](C(=O)O)c2ccccc21. The summed E-state index contributed by atoms with van der Waals surface area (Å²) < 4.78 is 0. The lowest BCUT2D eigenvalue weighted by Gasteiger charge is -2.16. The zero-order valence-corrected chi connectivity index (χ0v) is 10.2. The second kappa shape index (κ2) is 4.79. The van der Waals surface area contributed by atoms with Gasteiger partial charge in [-0.1, -0.05) is 18.2 Å². The van der Waals surface area contributed by atoms with E-state index in [2.05, 4.69) is 0 Å². The number of rotatable bonds is 3. The first kappa shape index (κ1) is 12.0. The van der Waals surface area contributed by atoms with E-state index in [9.17, 15) is 9.59 Å². The molecular weight excluding hydrogens is 238 g/mol. The largest absolute Gasteiger partial charge is 0.481 e. The quantitative estimate of drug-likeness (QED) is 0.885. The van der Waals surface area contributed by atoms with Crippen LogP contribution >= 0.6 is 11.8 Å². The average Bonchev–Trinajstić information content (AvgIpc) is 2.69. The molecule has 1 amide bonds. The van der Waals surface area contributed by atoms with E-state index in [0.29, 0.717) is 5.75 Å².